The first-order chi connectivity index (χ1) is 14.2. The number of hydrogen-bond acceptors (Lipinski definition) is 6. The first kappa shape index (κ1) is 20.3. The molecule has 1 aliphatic rings. The SMILES string of the molecule is COCCN1CCN(CCOc2ccc(-c3nc4cc(Br)cnc4[nH]3)cc2)CC1. The predicted octanol–water partition coefficient (Wildman–Crippen LogP) is 3.03. The maximum atomic E-state index is 5.94. The van der Waals surface area contributed by atoms with E-state index in [0.717, 1.165) is 78.6 Å². The largest absolute Gasteiger partial charge is 0.492 e. The third-order valence-electron chi connectivity index (χ3n) is 5.18. The second kappa shape index (κ2) is 9.67. The third-order valence-corrected chi connectivity index (χ3v) is 5.62. The Kier molecular flexibility index (Phi) is 6.76. The zero-order chi connectivity index (χ0) is 20.1. The Balaban J connectivity index is 1.25. The minimum Gasteiger partial charge on any atom is -0.492 e. The lowest BCUT2D eigenvalue weighted by atomic mass is 10.2. The van der Waals surface area contributed by atoms with Crippen LogP contribution >= 0.6 is 15.9 Å². The third kappa shape index (κ3) is 5.33. The predicted molar refractivity (Wildman–Crippen MR) is 117 cm³/mol. The van der Waals surface area contributed by atoms with Crippen LogP contribution in [0.2, 0.25) is 0 Å². The Hall–Kier alpha value is -2.00. The lowest BCUT2D eigenvalue weighted by molar-refractivity contribution is 0.0894. The molecular weight excluding hydrogens is 434 g/mol. The van der Waals surface area contributed by atoms with Gasteiger partial charge < -0.3 is 14.5 Å². The summed E-state index contributed by atoms with van der Waals surface area (Å²) in [6.45, 7) is 7.84. The van der Waals surface area contributed by atoms with Crippen molar-refractivity contribution >= 4 is 27.1 Å². The first-order valence-electron chi connectivity index (χ1n) is 9.89. The molecule has 4 rings (SSSR count). The maximum Gasteiger partial charge on any atom is 0.157 e. The van der Waals surface area contributed by atoms with Gasteiger partial charge in [-0.25, -0.2) is 9.97 Å². The lowest BCUT2D eigenvalue weighted by Gasteiger charge is -2.34. The number of hydrogen-bond donors (Lipinski definition) is 1. The summed E-state index contributed by atoms with van der Waals surface area (Å²) in [7, 11) is 1.76. The summed E-state index contributed by atoms with van der Waals surface area (Å²) in [5.74, 6) is 1.69. The number of fused-ring (bicyclic) bond motifs is 1. The van der Waals surface area contributed by atoms with E-state index < -0.39 is 0 Å². The van der Waals surface area contributed by atoms with Crippen molar-refractivity contribution < 1.29 is 9.47 Å². The Morgan fingerprint density at radius 2 is 1.72 bits per heavy atom. The number of imidazole rings is 1. The average molecular weight is 460 g/mol. The summed E-state index contributed by atoms with van der Waals surface area (Å²) in [5, 5.41) is 0. The molecule has 7 nitrogen and oxygen atoms in total. The number of aromatic nitrogens is 3. The fourth-order valence-corrected chi connectivity index (χ4v) is 3.79. The van der Waals surface area contributed by atoms with Crippen molar-refractivity contribution in [2.45, 2.75) is 0 Å². The van der Waals surface area contributed by atoms with Crippen LogP contribution in [-0.2, 0) is 4.74 Å². The smallest absolute Gasteiger partial charge is 0.157 e. The van der Waals surface area contributed by atoms with Crippen LogP contribution in [0.15, 0.2) is 41.0 Å². The van der Waals surface area contributed by atoms with Crippen molar-refractivity contribution in [2.75, 3.05) is 59.6 Å². The van der Waals surface area contributed by atoms with Crippen molar-refractivity contribution in [3.63, 3.8) is 0 Å². The van der Waals surface area contributed by atoms with Crippen LogP contribution in [0.5, 0.6) is 5.75 Å². The second-order valence-electron chi connectivity index (χ2n) is 7.16. The highest BCUT2D eigenvalue weighted by Gasteiger charge is 2.16. The minimum absolute atomic E-state index is 0.694. The number of methoxy groups -OCH3 is 1. The van der Waals surface area contributed by atoms with Gasteiger partial charge in [0.05, 0.1) is 6.61 Å². The van der Waals surface area contributed by atoms with Crippen LogP contribution < -0.4 is 4.74 Å². The van der Waals surface area contributed by atoms with E-state index in [1.807, 2.05) is 30.3 Å². The molecule has 1 aromatic carbocycles. The Labute approximate surface area is 179 Å². The highest BCUT2D eigenvalue weighted by molar-refractivity contribution is 9.10. The van der Waals surface area contributed by atoms with Gasteiger partial charge in [-0.3, -0.25) is 9.80 Å². The number of pyridine rings is 1. The van der Waals surface area contributed by atoms with Crippen molar-refractivity contribution in [1.82, 2.24) is 24.8 Å². The summed E-state index contributed by atoms with van der Waals surface area (Å²) in [6, 6.07) is 9.99. The van der Waals surface area contributed by atoms with Crippen LogP contribution in [0.1, 0.15) is 0 Å². The highest BCUT2D eigenvalue weighted by atomic mass is 79.9. The van der Waals surface area contributed by atoms with Crippen LogP contribution in [-0.4, -0.2) is 84.3 Å². The quantitative estimate of drug-likeness (QED) is 0.558. The number of benzene rings is 1. The number of H-pyrrole nitrogens is 1. The van der Waals surface area contributed by atoms with Gasteiger partial charge in [-0.1, -0.05) is 0 Å². The van der Waals surface area contributed by atoms with Gasteiger partial charge in [-0.2, -0.15) is 0 Å². The molecular formula is C21H26BrN5O2. The molecule has 0 unspecified atom stereocenters. The normalized spacial score (nSPS) is 15.8. The van der Waals surface area contributed by atoms with Crippen LogP contribution in [0, 0.1) is 0 Å². The van der Waals surface area contributed by atoms with E-state index in [4.69, 9.17) is 9.47 Å². The molecule has 2 aromatic heterocycles. The minimum atomic E-state index is 0.694. The molecule has 1 aliphatic heterocycles. The fraction of sp³-hybridized carbons (Fsp3) is 0.429. The van der Waals surface area contributed by atoms with E-state index in [9.17, 15) is 0 Å². The molecule has 0 saturated carbocycles. The summed E-state index contributed by atoms with van der Waals surface area (Å²) in [6.07, 6.45) is 1.76. The van der Waals surface area contributed by atoms with E-state index in [1.54, 1.807) is 13.3 Å². The average Bonchev–Trinajstić information content (AvgIpc) is 3.17. The van der Waals surface area contributed by atoms with Crippen molar-refractivity contribution in [3.05, 3.63) is 41.0 Å². The first-order valence-corrected chi connectivity index (χ1v) is 10.7. The molecule has 29 heavy (non-hydrogen) atoms. The molecule has 8 heteroatoms. The Morgan fingerprint density at radius 3 is 2.41 bits per heavy atom. The summed E-state index contributed by atoms with van der Waals surface area (Å²) in [4.78, 5) is 17.1. The molecule has 1 N–H and O–H groups in total. The van der Waals surface area contributed by atoms with Crippen LogP contribution in [0.25, 0.3) is 22.6 Å². The zero-order valence-corrected chi connectivity index (χ0v) is 18.2. The van der Waals surface area contributed by atoms with Gasteiger partial charge >= 0.3 is 0 Å². The second-order valence-corrected chi connectivity index (χ2v) is 8.07. The maximum absolute atomic E-state index is 5.94. The molecule has 0 spiro atoms. The molecule has 1 fully saturated rings. The standard InChI is InChI=1S/C21H26BrN5O2/c1-28-12-10-26-6-8-27(9-7-26)11-13-29-18-4-2-16(3-5-18)20-24-19-14-17(22)15-23-21(19)25-20/h2-5,14-15H,6-13H2,1H3,(H,23,24,25). The number of halogens is 1. The van der Waals surface area contributed by atoms with E-state index in [0.29, 0.717) is 6.61 Å². The zero-order valence-electron chi connectivity index (χ0n) is 16.6. The Bertz CT molecular complexity index is 922. The molecule has 0 atom stereocenters. The summed E-state index contributed by atoms with van der Waals surface area (Å²) < 4.78 is 12.0. The van der Waals surface area contributed by atoms with Crippen LogP contribution in [0.4, 0.5) is 0 Å². The van der Waals surface area contributed by atoms with Crippen molar-refractivity contribution in [3.8, 4) is 17.1 Å². The molecule has 0 radical (unpaired) electrons. The molecule has 1 saturated heterocycles. The van der Waals surface area contributed by atoms with Gasteiger partial charge in [0.1, 0.15) is 23.7 Å². The fourth-order valence-electron chi connectivity index (χ4n) is 3.47. The van der Waals surface area contributed by atoms with Gasteiger partial charge in [0.25, 0.3) is 0 Å². The van der Waals surface area contributed by atoms with Crippen LogP contribution in [0.3, 0.4) is 0 Å². The molecule has 154 valence electrons. The number of aromatic amines is 1. The molecule has 3 heterocycles. The van der Waals surface area contributed by atoms with Gasteiger partial charge in [0.2, 0.25) is 0 Å². The van der Waals surface area contributed by atoms with Gasteiger partial charge in [0.15, 0.2) is 5.65 Å². The molecule has 0 aliphatic carbocycles. The van der Waals surface area contributed by atoms with Crippen molar-refractivity contribution in [1.29, 1.82) is 0 Å². The highest BCUT2D eigenvalue weighted by Crippen LogP contribution is 2.23. The number of piperazine rings is 1. The van der Waals surface area contributed by atoms with Gasteiger partial charge in [-0.15, -0.1) is 0 Å². The van der Waals surface area contributed by atoms with E-state index in [-0.39, 0.29) is 0 Å². The monoisotopic (exact) mass is 459 g/mol. The van der Waals surface area contributed by atoms with E-state index >= 15 is 0 Å². The van der Waals surface area contributed by atoms with Gasteiger partial charge in [-0.05, 0) is 46.3 Å². The summed E-state index contributed by atoms with van der Waals surface area (Å²) >= 11 is 3.43. The molecule has 0 amide bonds. The van der Waals surface area contributed by atoms with Crippen molar-refractivity contribution in [2.24, 2.45) is 0 Å². The molecule has 3 aromatic rings. The molecule has 0 bridgehead atoms. The van der Waals surface area contributed by atoms with E-state index in [1.165, 1.54) is 0 Å². The van der Waals surface area contributed by atoms with Gasteiger partial charge in [0, 0.05) is 62.6 Å². The Morgan fingerprint density at radius 1 is 1.03 bits per heavy atom. The topological polar surface area (TPSA) is 66.5 Å². The number of nitrogens with zero attached hydrogens (tertiary/aromatic N) is 4. The lowest BCUT2D eigenvalue weighted by Crippen LogP contribution is -2.48. The van der Waals surface area contributed by atoms with E-state index in [2.05, 4.69) is 40.7 Å². The summed E-state index contributed by atoms with van der Waals surface area (Å²) in [5.41, 5.74) is 2.64. The number of ether oxygens (including phenoxy) is 2. The number of nitrogens with one attached hydrogen (secondary N) is 1. The number of rotatable bonds is 8.